The number of nitriles is 3. The molecule has 0 N–H and O–H groups in total. The molecule has 1 spiro atoms. The molecular weight excluding hydrogens is 493 g/mol. The molecule has 2 aliphatic rings. The molecule has 1 heterocycles. The van der Waals surface area contributed by atoms with Crippen molar-refractivity contribution in [3.05, 3.63) is 57.4 Å². The summed E-state index contributed by atoms with van der Waals surface area (Å²) >= 11 is 0. The molecule has 0 bridgehead atoms. The molecule has 0 radical (unpaired) electrons. The summed E-state index contributed by atoms with van der Waals surface area (Å²) in [6.07, 6.45) is -6.52. The van der Waals surface area contributed by atoms with Crippen LogP contribution in [0.15, 0.2) is 40.7 Å². The average Bonchev–Trinajstić information content (AvgIpc) is 3.05. The number of rotatable bonds is 3. The van der Waals surface area contributed by atoms with Crippen molar-refractivity contribution in [3.8, 4) is 18.2 Å². The van der Waals surface area contributed by atoms with Crippen molar-refractivity contribution >= 4 is 0 Å². The summed E-state index contributed by atoms with van der Waals surface area (Å²) < 4.78 is 127. The van der Waals surface area contributed by atoms with E-state index in [4.69, 9.17) is 15.3 Å². The number of hydrogen-bond donors (Lipinski definition) is 0. The molecule has 1 aliphatic heterocycles. The van der Waals surface area contributed by atoms with Crippen molar-refractivity contribution in [3.63, 3.8) is 0 Å². The predicted molar refractivity (Wildman–Crippen MR) is 98.6 cm³/mol. The summed E-state index contributed by atoms with van der Waals surface area (Å²) in [5.74, 6) is -20.4. The molecule has 0 aromatic heterocycles. The largest absolute Gasteiger partial charge is 0.475 e. The van der Waals surface area contributed by atoms with Gasteiger partial charge in [-0.15, -0.1) is 0 Å². The van der Waals surface area contributed by atoms with Crippen molar-refractivity contribution in [2.75, 3.05) is 0 Å². The standard InChI is InChI=1S/C22H12F9N3O/c1-11-15(10-34)17(13(8-32)9-33)35-18(11)6-2-3-12-4-5-14(7-16(12)18)19(23,24)20(25,26)21(27,28)22(29,30)31/h4-5,7H,2-3,6H2,1H3. The molecule has 184 valence electrons. The van der Waals surface area contributed by atoms with Crippen molar-refractivity contribution in [1.29, 1.82) is 15.8 Å². The van der Waals surface area contributed by atoms with Crippen LogP contribution in [0.25, 0.3) is 0 Å². The zero-order chi connectivity index (χ0) is 26.6. The van der Waals surface area contributed by atoms with E-state index in [1.165, 1.54) is 19.1 Å². The number of hydrogen-bond acceptors (Lipinski definition) is 4. The van der Waals surface area contributed by atoms with Crippen LogP contribution in [0.2, 0.25) is 0 Å². The van der Waals surface area contributed by atoms with E-state index in [0.717, 1.165) is 6.07 Å². The Morgan fingerprint density at radius 3 is 2.06 bits per heavy atom. The van der Waals surface area contributed by atoms with Crippen LogP contribution in [0, 0.1) is 34.0 Å². The van der Waals surface area contributed by atoms with Crippen LogP contribution in [0.5, 0.6) is 0 Å². The lowest BCUT2D eigenvalue weighted by molar-refractivity contribution is -0.399. The number of allylic oxidation sites excluding steroid dienone is 2. The molecule has 1 unspecified atom stereocenters. The van der Waals surface area contributed by atoms with Gasteiger partial charge in [0, 0.05) is 11.1 Å². The Morgan fingerprint density at radius 1 is 0.943 bits per heavy atom. The second-order valence-electron chi connectivity index (χ2n) is 7.92. The van der Waals surface area contributed by atoms with Gasteiger partial charge in [0.05, 0.1) is 5.57 Å². The van der Waals surface area contributed by atoms with Gasteiger partial charge >= 0.3 is 23.9 Å². The van der Waals surface area contributed by atoms with Crippen LogP contribution >= 0.6 is 0 Å². The fourth-order valence-corrected chi connectivity index (χ4v) is 4.19. The number of benzene rings is 1. The van der Waals surface area contributed by atoms with Crippen LogP contribution in [0.4, 0.5) is 39.5 Å². The number of ether oxygens (including phenoxy) is 1. The zero-order valence-electron chi connectivity index (χ0n) is 17.5. The highest BCUT2D eigenvalue weighted by Gasteiger charge is 2.82. The Hall–Kier alpha value is -3.66. The van der Waals surface area contributed by atoms with E-state index < -0.39 is 46.4 Å². The van der Waals surface area contributed by atoms with Crippen molar-refractivity contribution in [2.45, 2.75) is 55.7 Å². The molecule has 13 heteroatoms. The van der Waals surface area contributed by atoms with E-state index in [2.05, 4.69) is 0 Å². The number of aryl methyl sites for hydroxylation is 1. The molecule has 0 saturated heterocycles. The summed E-state index contributed by atoms with van der Waals surface area (Å²) in [6, 6.07) is 6.28. The molecule has 0 amide bonds. The molecule has 1 atom stereocenters. The molecule has 35 heavy (non-hydrogen) atoms. The van der Waals surface area contributed by atoms with Gasteiger partial charge in [0.15, 0.2) is 16.9 Å². The third kappa shape index (κ3) is 3.43. The highest BCUT2D eigenvalue weighted by Crippen LogP contribution is 2.58. The average molecular weight is 505 g/mol. The van der Waals surface area contributed by atoms with E-state index in [1.807, 2.05) is 0 Å². The monoisotopic (exact) mass is 505 g/mol. The summed E-state index contributed by atoms with van der Waals surface area (Å²) in [5.41, 5.74) is -4.59. The Bertz CT molecular complexity index is 1260. The number of nitrogens with zero attached hydrogens (tertiary/aromatic N) is 3. The van der Waals surface area contributed by atoms with Gasteiger partial charge in [-0.1, -0.05) is 12.1 Å². The maximum Gasteiger partial charge on any atom is 0.460 e. The van der Waals surface area contributed by atoms with Crippen LogP contribution in [0.1, 0.15) is 36.5 Å². The molecule has 1 aromatic carbocycles. The van der Waals surface area contributed by atoms with Crippen molar-refractivity contribution in [1.82, 2.24) is 0 Å². The predicted octanol–water partition coefficient (Wildman–Crippen LogP) is 6.31. The molecule has 4 nitrogen and oxygen atoms in total. The second-order valence-corrected chi connectivity index (χ2v) is 7.92. The van der Waals surface area contributed by atoms with E-state index >= 15 is 0 Å². The van der Waals surface area contributed by atoms with Crippen LogP contribution in [0.3, 0.4) is 0 Å². The van der Waals surface area contributed by atoms with Gasteiger partial charge in [0.2, 0.25) is 0 Å². The Balaban J connectivity index is 2.25. The normalized spacial score (nSPS) is 20.6. The minimum Gasteiger partial charge on any atom is -0.475 e. The Morgan fingerprint density at radius 2 is 1.54 bits per heavy atom. The first kappa shape index (κ1) is 26.0. The summed E-state index contributed by atoms with van der Waals surface area (Å²) in [7, 11) is 0. The molecule has 0 fully saturated rings. The first-order chi connectivity index (χ1) is 16.0. The van der Waals surface area contributed by atoms with Crippen LogP contribution in [-0.2, 0) is 22.7 Å². The molecule has 1 aromatic rings. The van der Waals surface area contributed by atoms with Crippen LogP contribution < -0.4 is 0 Å². The number of alkyl halides is 9. The fourth-order valence-electron chi connectivity index (χ4n) is 4.19. The van der Waals surface area contributed by atoms with E-state index in [1.54, 1.807) is 6.07 Å². The van der Waals surface area contributed by atoms with Gasteiger partial charge in [-0.25, -0.2) is 0 Å². The molecule has 0 saturated carbocycles. The molecular formula is C22H12F9N3O. The van der Waals surface area contributed by atoms with Gasteiger partial charge in [0.25, 0.3) is 0 Å². The maximum atomic E-state index is 14.6. The SMILES string of the molecule is CC1=C(C#N)C(=C(C#N)C#N)OC12CCCc1ccc(C(F)(F)C(F)(F)C(F)(F)C(F)(F)F)cc12. The van der Waals surface area contributed by atoms with Gasteiger partial charge < -0.3 is 4.74 Å². The van der Waals surface area contributed by atoms with Gasteiger partial charge in [0.1, 0.15) is 18.2 Å². The highest BCUT2D eigenvalue weighted by molar-refractivity contribution is 5.60. The van der Waals surface area contributed by atoms with E-state index in [9.17, 15) is 44.8 Å². The van der Waals surface area contributed by atoms with Crippen LogP contribution in [-0.4, -0.2) is 18.0 Å². The van der Waals surface area contributed by atoms with Gasteiger partial charge in [-0.3, -0.25) is 0 Å². The molecule has 1 aliphatic carbocycles. The zero-order valence-corrected chi connectivity index (χ0v) is 17.5. The lowest BCUT2D eigenvalue weighted by Crippen LogP contribution is -2.59. The smallest absolute Gasteiger partial charge is 0.460 e. The van der Waals surface area contributed by atoms with Gasteiger partial charge in [-0.05, 0) is 43.4 Å². The summed E-state index contributed by atoms with van der Waals surface area (Å²) in [6.45, 7) is 1.31. The fraction of sp³-hybridized carbons (Fsp3) is 0.409. The second kappa shape index (κ2) is 7.94. The summed E-state index contributed by atoms with van der Waals surface area (Å²) in [5, 5.41) is 27.8. The molecule has 3 rings (SSSR count). The quantitative estimate of drug-likeness (QED) is 0.356. The van der Waals surface area contributed by atoms with Gasteiger partial charge in [-0.2, -0.15) is 55.3 Å². The van der Waals surface area contributed by atoms with Crippen molar-refractivity contribution in [2.24, 2.45) is 0 Å². The Labute approximate surface area is 192 Å². The number of fused-ring (bicyclic) bond motifs is 2. The van der Waals surface area contributed by atoms with Crippen molar-refractivity contribution < 1.29 is 44.3 Å². The highest BCUT2D eigenvalue weighted by atomic mass is 19.4. The minimum absolute atomic E-state index is 0.0341. The third-order valence-corrected chi connectivity index (χ3v) is 6.07. The van der Waals surface area contributed by atoms with E-state index in [0.29, 0.717) is 18.6 Å². The first-order valence-electron chi connectivity index (χ1n) is 9.73. The Kier molecular flexibility index (Phi) is 5.89. The minimum atomic E-state index is -7.06. The number of halogens is 9. The first-order valence-corrected chi connectivity index (χ1v) is 9.73. The third-order valence-electron chi connectivity index (χ3n) is 6.07. The maximum absolute atomic E-state index is 14.6. The lowest BCUT2D eigenvalue weighted by atomic mass is 9.74. The lowest BCUT2D eigenvalue weighted by Gasteiger charge is -2.38. The summed E-state index contributed by atoms with van der Waals surface area (Å²) in [4.78, 5) is 0. The van der Waals surface area contributed by atoms with E-state index in [-0.39, 0.29) is 35.1 Å². The topological polar surface area (TPSA) is 80.6 Å².